The van der Waals surface area contributed by atoms with Crippen LogP contribution >= 0.6 is 0 Å². The first-order chi connectivity index (χ1) is 6.74. The third-order valence-electron chi connectivity index (χ3n) is 3.37. The van der Waals surface area contributed by atoms with Crippen molar-refractivity contribution in [1.29, 1.82) is 0 Å². The van der Waals surface area contributed by atoms with E-state index in [9.17, 15) is 5.11 Å². The lowest BCUT2D eigenvalue weighted by molar-refractivity contribution is 0.0514. The van der Waals surface area contributed by atoms with Crippen LogP contribution in [0.1, 0.15) is 51.9 Å². The van der Waals surface area contributed by atoms with Gasteiger partial charge in [-0.3, -0.25) is 0 Å². The Kier molecular flexibility index (Phi) is 5.49. The molecule has 0 spiro atoms. The molecule has 14 heavy (non-hydrogen) atoms. The quantitative estimate of drug-likeness (QED) is 0.687. The van der Waals surface area contributed by atoms with Crippen LogP contribution in [0.2, 0.25) is 0 Å². The molecular formula is C12H25NO. The van der Waals surface area contributed by atoms with Gasteiger partial charge in [-0.25, -0.2) is 0 Å². The second-order valence-corrected chi connectivity index (χ2v) is 4.66. The highest BCUT2D eigenvalue weighted by atomic mass is 16.3. The van der Waals surface area contributed by atoms with E-state index >= 15 is 0 Å². The molecule has 2 heteroatoms. The lowest BCUT2D eigenvalue weighted by Gasteiger charge is -2.35. The highest BCUT2D eigenvalue weighted by molar-refractivity contribution is 4.79. The first kappa shape index (κ1) is 12.0. The molecule has 1 saturated heterocycles. The van der Waals surface area contributed by atoms with E-state index in [1.54, 1.807) is 0 Å². The fourth-order valence-corrected chi connectivity index (χ4v) is 2.29. The van der Waals surface area contributed by atoms with Crippen LogP contribution in [-0.4, -0.2) is 35.7 Å². The van der Waals surface area contributed by atoms with Crippen LogP contribution in [0.5, 0.6) is 0 Å². The molecule has 1 fully saturated rings. The summed E-state index contributed by atoms with van der Waals surface area (Å²) in [6.07, 6.45) is 8.54. The van der Waals surface area contributed by atoms with E-state index in [4.69, 9.17) is 0 Å². The van der Waals surface area contributed by atoms with E-state index in [1.807, 2.05) is 0 Å². The van der Waals surface area contributed by atoms with Crippen molar-refractivity contribution in [3.63, 3.8) is 0 Å². The SMILES string of the molecule is CCCCCCC1CC(O)CCN1C. The highest BCUT2D eigenvalue weighted by Gasteiger charge is 2.23. The zero-order valence-corrected chi connectivity index (χ0v) is 9.71. The van der Waals surface area contributed by atoms with Crippen molar-refractivity contribution in [2.45, 2.75) is 64.0 Å². The van der Waals surface area contributed by atoms with Crippen molar-refractivity contribution in [3.05, 3.63) is 0 Å². The lowest BCUT2D eigenvalue weighted by atomic mass is 9.95. The number of nitrogens with zero attached hydrogens (tertiary/aromatic N) is 1. The summed E-state index contributed by atoms with van der Waals surface area (Å²) in [5.74, 6) is 0. The van der Waals surface area contributed by atoms with Gasteiger partial charge in [0.1, 0.15) is 0 Å². The minimum Gasteiger partial charge on any atom is -0.393 e. The predicted octanol–water partition coefficient (Wildman–Crippen LogP) is 2.41. The smallest absolute Gasteiger partial charge is 0.0567 e. The van der Waals surface area contributed by atoms with Crippen molar-refractivity contribution in [1.82, 2.24) is 4.90 Å². The van der Waals surface area contributed by atoms with Gasteiger partial charge in [-0.05, 0) is 26.3 Å². The Balaban J connectivity index is 2.14. The van der Waals surface area contributed by atoms with Crippen molar-refractivity contribution >= 4 is 0 Å². The Bertz CT molecular complexity index is 149. The summed E-state index contributed by atoms with van der Waals surface area (Å²) in [7, 11) is 2.19. The Morgan fingerprint density at radius 1 is 1.29 bits per heavy atom. The number of likely N-dealkylation sites (tertiary alicyclic amines) is 1. The Labute approximate surface area is 88.3 Å². The molecule has 0 aromatic rings. The van der Waals surface area contributed by atoms with Crippen molar-refractivity contribution in [2.75, 3.05) is 13.6 Å². The summed E-state index contributed by atoms with van der Waals surface area (Å²) >= 11 is 0. The van der Waals surface area contributed by atoms with E-state index in [0.717, 1.165) is 19.4 Å². The average Bonchev–Trinajstić information content (AvgIpc) is 2.18. The van der Waals surface area contributed by atoms with Crippen LogP contribution in [0.3, 0.4) is 0 Å². The number of rotatable bonds is 5. The summed E-state index contributed by atoms with van der Waals surface area (Å²) in [5.41, 5.74) is 0. The van der Waals surface area contributed by atoms with Gasteiger partial charge in [0, 0.05) is 12.6 Å². The predicted molar refractivity (Wildman–Crippen MR) is 60.4 cm³/mol. The van der Waals surface area contributed by atoms with Crippen LogP contribution < -0.4 is 0 Å². The third-order valence-corrected chi connectivity index (χ3v) is 3.37. The zero-order valence-electron chi connectivity index (χ0n) is 9.71. The summed E-state index contributed by atoms with van der Waals surface area (Å²) in [6.45, 7) is 3.32. The molecule has 0 bridgehead atoms. The van der Waals surface area contributed by atoms with Gasteiger partial charge in [-0.1, -0.05) is 32.6 Å². The van der Waals surface area contributed by atoms with Crippen molar-refractivity contribution < 1.29 is 5.11 Å². The number of hydrogen-bond acceptors (Lipinski definition) is 2. The maximum atomic E-state index is 9.57. The second kappa shape index (κ2) is 6.41. The second-order valence-electron chi connectivity index (χ2n) is 4.66. The molecule has 1 N–H and O–H groups in total. The van der Waals surface area contributed by atoms with Gasteiger partial charge in [0.25, 0.3) is 0 Å². The fourth-order valence-electron chi connectivity index (χ4n) is 2.29. The van der Waals surface area contributed by atoms with Crippen LogP contribution in [0.15, 0.2) is 0 Å². The molecule has 2 nitrogen and oxygen atoms in total. The first-order valence-corrected chi connectivity index (χ1v) is 6.12. The van der Waals surface area contributed by atoms with E-state index in [-0.39, 0.29) is 6.10 Å². The van der Waals surface area contributed by atoms with Gasteiger partial charge in [-0.2, -0.15) is 0 Å². The standard InChI is InChI=1S/C12H25NO/c1-3-4-5-6-7-11-10-12(14)8-9-13(11)2/h11-12,14H,3-10H2,1-2H3. The lowest BCUT2D eigenvalue weighted by Crippen LogP contribution is -2.41. The van der Waals surface area contributed by atoms with Crippen molar-refractivity contribution in [2.24, 2.45) is 0 Å². The van der Waals surface area contributed by atoms with Crippen LogP contribution in [0.4, 0.5) is 0 Å². The Hall–Kier alpha value is -0.0800. The molecule has 84 valence electrons. The van der Waals surface area contributed by atoms with E-state index in [2.05, 4.69) is 18.9 Å². The topological polar surface area (TPSA) is 23.5 Å². The fraction of sp³-hybridized carbons (Fsp3) is 1.00. The molecule has 0 radical (unpaired) electrons. The summed E-state index contributed by atoms with van der Waals surface area (Å²) in [5, 5.41) is 9.57. The Morgan fingerprint density at radius 2 is 2.07 bits per heavy atom. The highest BCUT2D eigenvalue weighted by Crippen LogP contribution is 2.20. The van der Waals surface area contributed by atoms with Crippen LogP contribution in [-0.2, 0) is 0 Å². The molecule has 0 aliphatic carbocycles. The molecule has 0 amide bonds. The average molecular weight is 199 g/mol. The normalized spacial score (nSPS) is 29.4. The largest absolute Gasteiger partial charge is 0.393 e. The summed E-state index contributed by atoms with van der Waals surface area (Å²) in [6, 6.07) is 0.635. The van der Waals surface area contributed by atoms with E-state index < -0.39 is 0 Å². The minimum atomic E-state index is -0.0395. The van der Waals surface area contributed by atoms with Crippen molar-refractivity contribution in [3.8, 4) is 0 Å². The monoisotopic (exact) mass is 199 g/mol. The molecule has 2 unspecified atom stereocenters. The van der Waals surface area contributed by atoms with Gasteiger partial charge in [0.2, 0.25) is 0 Å². The van der Waals surface area contributed by atoms with Crippen LogP contribution in [0.25, 0.3) is 0 Å². The molecular weight excluding hydrogens is 174 g/mol. The van der Waals surface area contributed by atoms with Crippen LogP contribution in [0, 0.1) is 0 Å². The van der Waals surface area contributed by atoms with Gasteiger partial charge in [0.15, 0.2) is 0 Å². The number of aliphatic hydroxyl groups excluding tert-OH is 1. The number of unbranched alkanes of at least 4 members (excludes halogenated alkanes) is 3. The third kappa shape index (κ3) is 3.97. The number of piperidine rings is 1. The van der Waals surface area contributed by atoms with Gasteiger partial charge in [-0.15, -0.1) is 0 Å². The molecule has 1 heterocycles. The molecule has 1 aliphatic rings. The molecule has 1 rings (SSSR count). The van der Waals surface area contributed by atoms with E-state index in [1.165, 1.54) is 32.1 Å². The zero-order chi connectivity index (χ0) is 10.4. The van der Waals surface area contributed by atoms with E-state index in [0.29, 0.717) is 6.04 Å². The molecule has 0 saturated carbocycles. The summed E-state index contributed by atoms with van der Waals surface area (Å²) in [4.78, 5) is 2.42. The maximum Gasteiger partial charge on any atom is 0.0567 e. The van der Waals surface area contributed by atoms with Gasteiger partial charge in [0.05, 0.1) is 6.10 Å². The number of aliphatic hydroxyl groups is 1. The minimum absolute atomic E-state index is 0.0395. The molecule has 0 aromatic heterocycles. The molecule has 2 atom stereocenters. The Morgan fingerprint density at radius 3 is 2.79 bits per heavy atom. The maximum absolute atomic E-state index is 9.57. The first-order valence-electron chi connectivity index (χ1n) is 6.12. The van der Waals surface area contributed by atoms with Gasteiger partial charge >= 0.3 is 0 Å². The summed E-state index contributed by atoms with van der Waals surface area (Å²) < 4.78 is 0. The van der Waals surface area contributed by atoms with Gasteiger partial charge < -0.3 is 10.0 Å². The molecule has 1 aliphatic heterocycles. The number of hydrogen-bond donors (Lipinski definition) is 1. The molecule has 0 aromatic carbocycles.